The average molecular weight is 513 g/mol. The molecule has 3 aromatic rings. The lowest BCUT2D eigenvalue weighted by atomic mass is 10.0. The number of nitrogens with one attached hydrogen (secondary N) is 1. The second kappa shape index (κ2) is 11.6. The van der Waals surface area contributed by atoms with E-state index >= 15 is 0 Å². The van der Waals surface area contributed by atoms with Crippen LogP contribution in [0.15, 0.2) is 76.5 Å². The van der Waals surface area contributed by atoms with Crippen LogP contribution in [0.2, 0.25) is 0 Å². The molecule has 8 heteroatoms. The number of hydrogen-bond donors (Lipinski definition) is 1. The molecule has 0 aliphatic rings. The van der Waals surface area contributed by atoms with Crippen LogP contribution in [-0.4, -0.2) is 33.7 Å². The molecule has 0 radical (unpaired) electrons. The second-order valence-corrected chi connectivity index (χ2v) is 11.0. The summed E-state index contributed by atoms with van der Waals surface area (Å²) in [5.74, 6) is -0.0133. The predicted molar refractivity (Wildman–Crippen MR) is 143 cm³/mol. The summed E-state index contributed by atoms with van der Waals surface area (Å²) in [4.78, 5) is 14.2. The highest BCUT2D eigenvalue weighted by Gasteiger charge is 2.30. The Balaban J connectivity index is 1.95. The van der Waals surface area contributed by atoms with E-state index in [1.165, 1.54) is 17.3 Å². The Hall–Kier alpha value is -2.97. The van der Waals surface area contributed by atoms with E-state index in [4.69, 9.17) is 4.74 Å². The van der Waals surface area contributed by atoms with E-state index in [1.807, 2.05) is 52.1 Å². The molecule has 0 fully saturated rings. The van der Waals surface area contributed by atoms with Crippen molar-refractivity contribution in [2.45, 2.75) is 43.5 Å². The first-order valence-corrected chi connectivity index (χ1v) is 14.1. The molecule has 1 N–H and O–H groups in total. The van der Waals surface area contributed by atoms with Gasteiger partial charge in [-0.3, -0.25) is 9.10 Å². The Morgan fingerprint density at radius 3 is 2.34 bits per heavy atom. The van der Waals surface area contributed by atoms with Crippen molar-refractivity contribution < 1.29 is 17.9 Å². The van der Waals surface area contributed by atoms with E-state index in [-0.39, 0.29) is 17.5 Å². The molecule has 0 bridgehead atoms. The van der Waals surface area contributed by atoms with Crippen molar-refractivity contribution in [3.63, 3.8) is 0 Å². The van der Waals surface area contributed by atoms with Gasteiger partial charge < -0.3 is 10.1 Å². The zero-order valence-electron chi connectivity index (χ0n) is 20.7. The fourth-order valence-electron chi connectivity index (χ4n) is 3.65. The number of carbonyl (C=O) groups excluding carboxylic acids is 1. The van der Waals surface area contributed by atoms with Gasteiger partial charge in [0.2, 0.25) is 5.91 Å². The number of aryl methyl sites for hydroxylation is 2. The normalized spacial score (nSPS) is 12.1. The van der Waals surface area contributed by atoms with Gasteiger partial charge in [0, 0.05) is 4.90 Å². The molecule has 35 heavy (non-hydrogen) atoms. The minimum atomic E-state index is -4.04. The molecule has 0 spiro atoms. The topological polar surface area (TPSA) is 75.7 Å². The highest BCUT2D eigenvalue weighted by molar-refractivity contribution is 7.98. The Kier molecular flexibility index (Phi) is 8.86. The van der Waals surface area contributed by atoms with Crippen molar-refractivity contribution in [2.75, 3.05) is 23.7 Å². The minimum absolute atomic E-state index is 0.108. The summed E-state index contributed by atoms with van der Waals surface area (Å²) in [6.45, 7) is 7.75. The summed E-state index contributed by atoms with van der Waals surface area (Å²) < 4.78 is 34.3. The van der Waals surface area contributed by atoms with Crippen LogP contribution in [0.4, 0.5) is 5.69 Å². The number of benzene rings is 3. The van der Waals surface area contributed by atoms with Gasteiger partial charge in [0.1, 0.15) is 12.3 Å². The second-order valence-electron chi connectivity index (χ2n) is 8.22. The quantitative estimate of drug-likeness (QED) is 0.363. The lowest BCUT2D eigenvalue weighted by molar-refractivity contribution is -0.120. The van der Waals surface area contributed by atoms with Crippen LogP contribution in [0, 0.1) is 13.8 Å². The number of thioether (sulfide) groups is 1. The van der Waals surface area contributed by atoms with E-state index in [0.29, 0.717) is 18.0 Å². The van der Waals surface area contributed by atoms with Gasteiger partial charge in [0.25, 0.3) is 10.0 Å². The van der Waals surface area contributed by atoms with E-state index in [9.17, 15) is 13.2 Å². The summed E-state index contributed by atoms with van der Waals surface area (Å²) in [6, 6.07) is 19.2. The lowest BCUT2D eigenvalue weighted by Crippen LogP contribution is -2.41. The zero-order chi connectivity index (χ0) is 25.6. The third kappa shape index (κ3) is 6.38. The molecule has 0 aliphatic carbocycles. The van der Waals surface area contributed by atoms with Gasteiger partial charge >= 0.3 is 0 Å². The molecular weight excluding hydrogens is 480 g/mol. The molecule has 0 aliphatic heterocycles. The van der Waals surface area contributed by atoms with Gasteiger partial charge in [0.15, 0.2) is 0 Å². The smallest absolute Gasteiger partial charge is 0.264 e. The third-order valence-corrected chi connectivity index (χ3v) is 8.29. The number of ether oxygens (including phenoxy) is 1. The minimum Gasteiger partial charge on any atom is -0.492 e. The third-order valence-electron chi connectivity index (χ3n) is 5.78. The lowest BCUT2D eigenvalue weighted by Gasteiger charge is -2.27. The maximum atomic E-state index is 13.7. The van der Waals surface area contributed by atoms with Crippen LogP contribution in [0.5, 0.6) is 5.75 Å². The summed E-state index contributed by atoms with van der Waals surface area (Å²) in [7, 11) is -4.04. The van der Waals surface area contributed by atoms with E-state index in [1.54, 1.807) is 48.5 Å². The van der Waals surface area contributed by atoms with Crippen LogP contribution in [0.3, 0.4) is 0 Å². The Morgan fingerprint density at radius 1 is 1.03 bits per heavy atom. The summed E-state index contributed by atoms with van der Waals surface area (Å²) >= 11 is 1.53. The number of para-hydroxylation sites is 2. The van der Waals surface area contributed by atoms with E-state index < -0.39 is 15.9 Å². The molecule has 0 aromatic heterocycles. The largest absolute Gasteiger partial charge is 0.492 e. The molecule has 0 heterocycles. The van der Waals surface area contributed by atoms with Crippen molar-refractivity contribution in [1.82, 2.24) is 5.32 Å². The van der Waals surface area contributed by atoms with Gasteiger partial charge in [0.05, 0.1) is 23.2 Å². The standard InChI is InChI=1S/C27H32N2O4S2/c1-6-33-26-10-8-7-9-25(26)29(35(31,32)24-15-13-23(34-5)14-16-24)18-27(30)28-21(4)22-12-11-19(2)20(3)17-22/h7-17,21H,6,18H2,1-5H3,(H,28,30). The Morgan fingerprint density at radius 2 is 1.71 bits per heavy atom. The van der Waals surface area contributed by atoms with Crippen molar-refractivity contribution >= 4 is 33.4 Å². The predicted octanol–water partition coefficient (Wildman–Crippen LogP) is 5.50. The highest BCUT2D eigenvalue weighted by Crippen LogP contribution is 2.33. The molecule has 1 amide bonds. The highest BCUT2D eigenvalue weighted by atomic mass is 32.2. The first kappa shape index (κ1) is 26.6. The summed E-state index contributed by atoms with van der Waals surface area (Å²) in [6.07, 6.45) is 1.93. The number of amides is 1. The number of hydrogen-bond acceptors (Lipinski definition) is 5. The number of sulfonamides is 1. The fourth-order valence-corrected chi connectivity index (χ4v) is 5.49. The molecule has 1 atom stereocenters. The number of rotatable bonds is 10. The first-order chi connectivity index (χ1) is 16.7. The van der Waals surface area contributed by atoms with Crippen molar-refractivity contribution in [3.05, 3.63) is 83.4 Å². The molecule has 186 valence electrons. The van der Waals surface area contributed by atoms with Crippen LogP contribution in [0.1, 0.15) is 36.6 Å². The monoisotopic (exact) mass is 512 g/mol. The first-order valence-electron chi connectivity index (χ1n) is 11.4. The summed E-state index contributed by atoms with van der Waals surface area (Å²) in [5, 5.41) is 2.95. The van der Waals surface area contributed by atoms with Crippen LogP contribution >= 0.6 is 11.8 Å². The molecule has 1 unspecified atom stereocenters. The molecule has 3 rings (SSSR count). The van der Waals surface area contributed by atoms with Gasteiger partial charge in [-0.2, -0.15) is 0 Å². The van der Waals surface area contributed by atoms with Gasteiger partial charge in [-0.1, -0.05) is 30.3 Å². The summed E-state index contributed by atoms with van der Waals surface area (Å²) in [5.41, 5.74) is 3.58. The van der Waals surface area contributed by atoms with Crippen molar-refractivity contribution in [2.24, 2.45) is 0 Å². The molecule has 3 aromatic carbocycles. The van der Waals surface area contributed by atoms with Crippen LogP contribution < -0.4 is 14.4 Å². The van der Waals surface area contributed by atoms with E-state index in [2.05, 4.69) is 5.32 Å². The maximum absolute atomic E-state index is 13.7. The molecule has 0 saturated heterocycles. The van der Waals surface area contributed by atoms with Gasteiger partial charge in [-0.05, 0) is 87.0 Å². The zero-order valence-corrected chi connectivity index (χ0v) is 22.4. The van der Waals surface area contributed by atoms with Gasteiger partial charge in [-0.15, -0.1) is 11.8 Å². The molecule has 0 saturated carbocycles. The van der Waals surface area contributed by atoms with Crippen molar-refractivity contribution in [1.29, 1.82) is 0 Å². The number of carbonyl (C=O) groups is 1. The van der Waals surface area contributed by atoms with Crippen LogP contribution in [0.25, 0.3) is 0 Å². The average Bonchev–Trinajstić information content (AvgIpc) is 2.85. The Bertz CT molecular complexity index is 1270. The van der Waals surface area contributed by atoms with E-state index in [0.717, 1.165) is 20.3 Å². The fraction of sp³-hybridized carbons (Fsp3) is 0.296. The van der Waals surface area contributed by atoms with Crippen LogP contribution in [-0.2, 0) is 14.8 Å². The molecular formula is C27H32N2O4S2. The van der Waals surface area contributed by atoms with Crippen molar-refractivity contribution in [3.8, 4) is 5.75 Å². The maximum Gasteiger partial charge on any atom is 0.264 e. The number of anilines is 1. The molecule has 6 nitrogen and oxygen atoms in total. The SMILES string of the molecule is CCOc1ccccc1N(CC(=O)NC(C)c1ccc(C)c(C)c1)S(=O)(=O)c1ccc(SC)cc1. The number of nitrogens with zero attached hydrogens (tertiary/aromatic N) is 1. The van der Waals surface area contributed by atoms with Gasteiger partial charge in [-0.25, -0.2) is 8.42 Å². The Labute approximate surface area is 212 Å².